The highest BCUT2D eigenvalue weighted by molar-refractivity contribution is 6.30. The van der Waals surface area contributed by atoms with Crippen LogP contribution in [0.4, 0.5) is 5.69 Å². The maximum absolute atomic E-state index is 5.75. The molecule has 0 unspecified atom stereocenters. The van der Waals surface area contributed by atoms with Crippen LogP contribution in [-0.2, 0) is 0 Å². The van der Waals surface area contributed by atoms with E-state index in [4.69, 9.17) is 11.6 Å². The summed E-state index contributed by atoms with van der Waals surface area (Å²) in [5, 5.41) is 2.95. The zero-order valence-electron chi connectivity index (χ0n) is 8.17. The van der Waals surface area contributed by atoms with Gasteiger partial charge in [-0.05, 0) is 26.2 Å². The third-order valence-corrected chi connectivity index (χ3v) is 1.81. The molecule has 0 saturated carbocycles. The van der Waals surface area contributed by atoms with Gasteiger partial charge in [0.25, 0.3) is 0 Å². The minimum Gasteiger partial charge on any atom is -1.00 e. The molecule has 2 N–H and O–H groups in total. The van der Waals surface area contributed by atoms with Crippen LogP contribution >= 0.6 is 11.6 Å². The van der Waals surface area contributed by atoms with Crippen molar-refractivity contribution < 1.29 is 30.1 Å². The molecule has 1 aromatic rings. The first-order valence-electron chi connectivity index (χ1n) is 3.92. The minimum atomic E-state index is 0. The van der Waals surface area contributed by atoms with Crippen molar-refractivity contribution in [2.75, 3.05) is 20.8 Å². The number of nitrogens with two attached hydrogens (primary N) is 1. The van der Waals surface area contributed by atoms with Gasteiger partial charge in [-0.25, -0.2) is 0 Å². The van der Waals surface area contributed by atoms with Crippen LogP contribution in [0.3, 0.4) is 0 Å². The van der Waals surface area contributed by atoms with E-state index in [1.54, 1.807) is 0 Å². The molecule has 0 aliphatic heterocycles. The molecule has 82 valence electrons. The quantitative estimate of drug-likeness (QED) is 0.424. The Bertz CT molecular complexity index is 236. The highest BCUT2D eigenvalue weighted by atomic mass is 35.5. The molecule has 5 heteroatoms. The minimum absolute atomic E-state index is 0. The van der Waals surface area contributed by atoms with Gasteiger partial charge in [0.15, 0.2) is 0 Å². The van der Waals surface area contributed by atoms with Gasteiger partial charge in [-0.3, -0.25) is 4.90 Å². The van der Waals surface area contributed by atoms with Crippen molar-refractivity contribution in [1.82, 2.24) is 4.90 Å². The lowest BCUT2D eigenvalue weighted by Crippen LogP contribution is -3.00. The predicted molar refractivity (Wildman–Crippen MR) is 51.6 cm³/mol. The summed E-state index contributed by atoms with van der Waals surface area (Å²) in [6.45, 7) is 0.960. The van der Waals surface area contributed by atoms with Crippen LogP contribution in [0.2, 0.25) is 5.02 Å². The van der Waals surface area contributed by atoms with Crippen molar-refractivity contribution in [1.29, 1.82) is 0 Å². The van der Waals surface area contributed by atoms with Crippen LogP contribution in [0.5, 0.6) is 0 Å². The Kier molecular flexibility index (Phi) is 9.78. The van der Waals surface area contributed by atoms with E-state index in [0.717, 1.165) is 11.7 Å². The molecule has 0 bridgehead atoms. The second-order valence-corrected chi connectivity index (χ2v) is 3.45. The number of benzene rings is 1. The fourth-order valence-corrected chi connectivity index (χ4v) is 1.01. The SMILES string of the molecule is CN(C)C[NH2+]c1ccc(Cl)cc1.[Cl-].[Cl-]. The molecular formula is C9H14Cl3N2-. The van der Waals surface area contributed by atoms with Gasteiger partial charge in [-0.15, -0.1) is 0 Å². The number of quaternary nitrogens is 1. The van der Waals surface area contributed by atoms with Crippen molar-refractivity contribution >= 4 is 17.3 Å². The largest absolute Gasteiger partial charge is 1.00 e. The first-order chi connectivity index (χ1) is 5.68. The molecule has 0 saturated heterocycles. The number of hydrogen-bond acceptors (Lipinski definition) is 1. The number of rotatable bonds is 3. The maximum atomic E-state index is 5.75. The molecule has 0 radical (unpaired) electrons. The van der Waals surface area contributed by atoms with Crippen LogP contribution in [0.25, 0.3) is 0 Å². The van der Waals surface area contributed by atoms with Gasteiger partial charge >= 0.3 is 0 Å². The third kappa shape index (κ3) is 6.46. The van der Waals surface area contributed by atoms with Gasteiger partial charge in [-0.2, -0.15) is 0 Å². The van der Waals surface area contributed by atoms with E-state index in [-0.39, 0.29) is 24.8 Å². The van der Waals surface area contributed by atoms with E-state index in [0.29, 0.717) is 0 Å². The number of halogens is 3. The zero-order valence-corrected chi connectivity index (χ0v) is 10.4. The van der Waals surface area contributed by atoms with Crippen molar-refractivity contribution in [2.45, 2.75) is 0 Å². The molecule has 0 heterocycles. The summed E-state index contributed by atoms with van der Waals surface area (Å²) in [5.74, 6) is 0. The smallest absolute Gasteiger partial charge is 0.136 e. The molecule has 0 aliphatic carbocycles. The van der Waals surface area contributed by atoms with Crippen LogP contribution in [-0.4, -0.2) is 25.7 Å². The summed E-state index contributed by atoms with van der Waals surface area (Å²) in [4.78, 5) is 2.12. The zero-order chi connectivity index (χ0) is 8.97. The lowest BCUT2D eigenvalue weighted by atomic mass is 10.3. The van der Waals surface area contributed by atoms with Crippen LogP contribution in [0, 0.1) is 0 Å². The molecular weight excluding hydrogens is 242 g/mol. The third-order valence-electron chi connectivity index (χ3n) is 1.56. The van der Waals surface area contributed by atoms with Gasteiger partial charge in [0.2, 0.25) is 0 Å². The lowest BCUT2D eigenvalue weighted by molar-refractivity contribution is -0.590. The summed E-state index contributed by atoms with van der Waals surface area (Å²) in [5.41, 5.74) is 1.22. The van der Waals surface area contributed by atoms with Gasteiger partial charge < -0.3 is 30.1 Å². The highest BCUT2D eigenvalue weighted by Crippen LogP contribution is 2.09. The second-order valence-electron chi connectivity index (χ2n) is 3.02. The molecule has 14 heavy (non-hydrogen) atoms. The van der Waals surface area contributed by atoms with Crippen LogP contribution < -0.4 is 30.1 Å². The summed E-state index contributed by atoms with van der Waals surface area (Å²) in [6, 6.07) is 7.85. The molecule has 0 aromatic heterocycles. The van der Waals surface area contributed by atoms with Crippen molar-refractivity contribution in [3.05, 3.63) is 29.3 Å². The monoisotopic (exact) mass is 255 g/mol. The highest BCUT2D eigenvalue weighted by Gasteiger charge is 1.96. The average molecular weight is 257 g/mol. The van der Waals surface area contributed by atoms with Crippen LogP contribution in [0.15, 0.2) is 24.3 Å². The van der Waals surface area contributed by atoms with Crippen molar-refractivity contribution in [3.63, 3.8) is 0 Å². The Morgan fingerprint density at radius 2 is 1.64 bits per heavy atom. The van der Waals surface area contributed by atoms with Crippen LogP contribution in [0.1, 0.15) is 0 Å². The fraction of sp³-hybridized carbons (Fsp3) is 0.333. The number of nitrogens with zero attached hydrogens (tertiary/aromatic N) is 1. The molecule has 2 nitrogen and oxygen atoms in total. The van der Waals surface area contributed by atoms with Gasteiger partial charge in [0, 0.05) is 17.2 Å². The van der Waals surface area contributed by atoms with E-state index in [1.807, 2.05) is 38.4 Å². The topological polar surface area (TPSA) is 19.9 Å². The van der Waals surface area contributed by atoms with Gasteiger partial charge in [0.05, 0.1) is 0 Å². The first-order valence-corrected chi connectivity index (χ1v) is 4.30. The molecule has 0 fully saturated rings. The Balaban J connectivity index is 0. The summed E-state index contributed by atoms with van der Waals surface area (Å²) in [7, 11) is 4.10. The Morgan fingerprint density at radius 1 is 1.14 bits per heavy atom. The van der Waals surface area contributed by atoms with E-state index < -0.39 is 0 Å². The molecule has 0 aliphatic rings. The van der Waals surface area contributed by atoms with E-state index in [2.05, 4.69) is 10.2 Å². The molecule has 0 spiro atoms. The normalized spacial score (nSPS) is 9.14. The average Bonchev–Trinajstić information content (AvgIpc) is 2.03. The van der Waals surface area contributed by atoms with E-state index in [1.165, 1.54) is 5.69 Å². The molecule has 0 atom stereocenters. The lowest BCUT2D eigenvalue weighted by Gasteiger charge is -2.06. The standard InChI is InChI=1S/C9H13ClN2.2ClH/c1-12(2)7-11-9-5-3-8(10)4-6-9;;/h3-6,11H,7H2,1-2H3;2*1H/p-1. The molecule has 1 aromatic carbocycles. The first kappa shape index (κ1) is 16.4. The Hall–Kier alpha value is 0.01000. The molecule has 1 rings (SSSR count). The fourth-order valence-electron chi connectivity index (χ4n) is 0.887. The van der Waals surface area contributed by atoms with Gasteiger partial charge in [-0.1, -0.05) is 11.6 Å². The van der Waals surface area contributed by atoms with E-state index in [9.17, 15) is 0 Å². The van der Waals surface area contributed by atoms with Gasteiger partial charge in [0.1, 0.15) is 12.4 Å². The second kappa shape index (κ2) is 8.33. The number of hydrogen-bond donors (Lipinski definition) is 1. The summed E-state index contributed by atoms with van der Waals surface area (Å²) >= 11 is 5.75. The predicted octanol–water partition coefficient (Wildman–Crippen LogP) is -4.94. The van der Waals surface area contributed by atoms with E-state index >= 15 is 0 Å². The van der Waals surface area contributed by atoms with Crippen molar-refractivity contribution in [3.8, 4) is 0 Å². The van der Waals surface area contributed by atoms with Crippen molar-refractivity contribution in [2.24, 2.45) is 0 Å². The molecule has 0 amide bonds. The Morgan fingerprint density at radius 3 is 2.07 bits per heavy atom. The maximum Gasteiger partial charge on any atom is 0.136 e. The Labute approximate surface area is 102 Å². The summed E-state index contributed by atoms with van der Waals surface area (Å²) in [6.07, 6.45) is 0. The summed E-state index contributed by atoms with van der Waals surface area (Å²) < 4.78 is 0.